The van der Waals surface area contributed by atoms with Crippen LogP contribution in [0.4, 0.5) is 13.2 Å². The number of hydrogen-bond donors (Lipinski definition) is 1. The third-order valence-electron chi connectivity index (χ3n) is 3.81. The molecule has 0 bridgehead atoms. The highest BCUT2D eigenvalue weighted by atomic mass is 19.4. The molecule has 134 valence electrons. The summed E-state index contributed by atoms with van der Waals surface area (Å²) in [6.07, 6.45) is -1.90. The Bertz CT molecular complexity index is 1030. The summed E-state index contributed by atoms with van der Waals surface area (Å²) in [5.74, 6) is -1.55. The number of nitrogens with zero attached hydrogens (tertiary/aromatic N) is 2. The first-order valence-corrected chi connectivity index (χ1v) is 7.29. The Morgan fingerprint density at radius 2 is 1.92 bits per heavy atom. The lowest BCUT2D eigenvalue weighted by Gasteiger charge is -2.14. The van der Waals surface area contributed by atoms with Crippen molar-refractivity contribution in [2.75, 3.05) is 7.11 Å². The van der Waals surface area contributed by atoms with Crippen molar-refractivity contribution in [1.29, 1.82) is 0 Å². The number of nitrogens with two attached hydrogens (primary N) is 1. The van der Waals surface area contributed by atoms with Crippen LogP contribution in [0.5, 0.6) is 0 Å². The second-order valence-electron chi connectivity index (χ2n) is 5.41. The number of aromatic nitrogens is 2. The molecule has 6 nitrogen and oxygen atoms in total. The van der Waals surface area contributed by atoms with Crippen LogP contribution in [-0.4, -0.2) is 28.4 Å². The average molecular weight is 363 g/mol. The molecule has 0 fully saturated rings. The van der Waals surface area contributed by atoms with Crippen molar-refractivity contribution in [3.63, 3.8) is 0 Å². The Kier molecular flexibility index (Phi) is 4.15. The minimum atomic E-state index is -4.62. The van der Waals surface area contributed by atoms with Crippen molar-refractivity contribution < 1.29 is 27.5 Å². The van der Waals surface area contributed by atoms with E-state index in [-0.39, 0.29) is 22.5 Å². The number of benzene rings is 1. The molecule has 0 radical (unpaired) electrons. The lowest BCUT2D eigenvalue weighted by atomic mass is 9.97. The number of alkyl halides is 3. The molecule has 0 saturated carbocycles. The van der Waals surface area contributed by atoms with Crippen molar-refractivity contribution in [3.8, 4) is 11.1 Å². The van der Waals surface area contributed by atoms with E-state index < -0.39 is 23.6 Å². The van der Waals surface area contributed by atoms with Gasteiger partial charge in [-0.05, 0) is 41.5 Å². The van der Waals surface area contributed by atoms with Crippen molar-refractivity contribution in [2.24, 2.45) is 5.73 Å². The van der Waals surface area contributed by atoms with E-state index >= 15 is 0 Å². The van der Waals surface area contributed by atoms with Gasteiger partial charge in [0.15, 0.2) is 0 Å². The Labute approximate surface area is 145 Å². The topological polar surface area (TPSA) is 86.7 Å². The van der Waals surface area contributed by atoms with Gasteiger partial charge >= 0.3 is 12.1 Å². The quantitative estimate of drug-likeness (QED) is 0.725. The number of amides is 1. The summed E-state index contributed by atoms with van der Waals surface area (Å²) in [4.78, 5) is 26.8. The third kappa shape index (κ3) is 2.99. The smallest absolute Gasteiger partial charge is 0.417 e. The molecule has 1 aromatic carbocycles. The highest BCUT2D eigenvalue weighted by molar-refractivity contribution is 5.92. The lowest BCUT2D eigenvalue weighted by Crippen LogP contribution is -2.15. The molecule has 2 aromatic heterocycles. The van der Waals surface area contributed by atoms with Crippen LogP contribution in [0, 0.1) is 0 Å². The maximum atomic E-state index is 13.4. The maximum Gasteiger partial charge on any atom is 0.417 e. The first-order chi connectivity index (χ1) is 12.2. The molecule has 0 aliphatic carbocycles. The molecular formula is C17H12F3N3O3. The molecule has 1 amide bonds. The van der Waals surface area contributed by atoms with Gasteiger partial charge in [0.25, 0.3) is 5.91 Å². The van der Waals surface area contributed by atoms with Crippen LogP contribution < -0.4 is 5.73 Å². The largest absolute Gasteiger partial charge is 0.465 e. The van der Waals surface area contributed by atoms with Crippen LogP contribution in [0.3, 0.4) is 0 Å². The van der Waals surface area contributed by atoms with Gasteiger partial charge in [-0.2, -0.15) is 13.2 Å². The number of rotatable bonds is 3. The normalized spacial score (nSPS) is 11.5. The van der Waals surface area contributed by atoms with Crippen molar-refractivity contribution >= 4 is 17.4 Å². The number of carbonyl (C=O) groups excluding carboxylic acids is 2. The molecule has 2 N–H and O–H groups in total. The van der Waals surface area contributed by atoms with E-state index in [9.17, 15) is 22.8 Å². The lowest BCUT2D eigenvalue weighted by molar-refractivity contribution is -0.137. The van der Waals surface area contributed by atoms with Crippen LogP contribution >= 0.6 is 0 Å². The van der Waals surface area contributed by atoms with Gasteiger partial charge in [-0.15, -0.1) is 0 Å². The van der Waals surface area contributed by atoms with Gasteiger partial charge in [0.1, 0.15) is 0 Å². The van der Waals surface area contributed by atoms with Crippen LogP contribution in [-0.2, 0) is 10.9 Å². The number of carbonyl (C=O) groups is 2. The molecule has 0 spiro atoms. The zero-order valence-corrected chi connectivity index (χ0v) is 13.4. The van der Waals surface area contributed by atoms with E-state index in [1.54, 1.807) is 0 Å². The van der Waals surface area contributed by atoms with E-state index in [1.807, 2.05) is 0 Å². The summed E-state index contributed by atoms with van der Waals surface area (Å²) in [6, 6.07) is 5.81. The fourth-order valence-corrected chi connectivity index (χ4v) is 2.62. The number of halogens is 3. The van der Waals surface area contributed by atoms with E-state index in [2.05, 4.69) is 9.72 Å². The van der Waals surface area contributed by atoms with Gasteiger partial charge in [0, 0.05) is 6.20 Å². The van der Waals surface area contributed by atoms with E-state index in [4.69, 9.17) is 5.73 Å². The van der Waals surface area contributed by atoms with Gasteiger partial charge in [-0.1, -0.05) is 0 Å². The first kappa shape index (κ1) is 17.5. The molecule has 3 rings (SSSR count). The minimum absolute atomic E-state index is 0.0123. The monoisotopic (exact) mass is 363 g/mol. The number of ether oxygens (including phenoxy) is 1. The summed E-state index contributed by atoms with van der Waals surface area (Å²) in [5.41, 5.74) is 4.68. The highest BCUT2D eigenvalue weighted by Gasteiger charge is 2.34. The predicted molar refractivity (Wildman–Crippen MR) is 85.5 cm³/mol. The second-order valence-corrected chi connectivity index (χ2v) is 5.41. The summed E-state index contributed by atoms with van der Waals surface area (Å²) in [7, 11) is 1.14. The molecular weight excluding hydrogens is 351 g/mol. The Morgan fingerprint density at radius 3 is 2.54 bits per heavy atom. The third-order valence-corrected chi connectivity index (χ3v) is 3.81. The number of pyridine rings is 1. The molecule has 3 aromatic rings. The Morgan fingerprint density at radius 1 is 1.19 bits per heavy atom. The molecule has 0 aliphatic heterocycles. The molecule has 9 heteroatoms. The first-order valence-electron chi connectivity index (χ1n) is 7.29. The number of hydrogen-bond acceptors (Lipinski definition) is 4. The van der Waals surface area contributed by atoms with Crippen LogP contribution in [0.1, 0.15) is 26.5 Å². The van der Waals surface area contributed by atoms with Gasteiger partial charge < -0.3 is 10.5 Å². The highest BCUT2D eigenvalue weighted by Crippen LogP contribution is 2.38. The second kappa shape index (κ2) is 6.17. The van der Waals surface area contributed by atoms with E-state index in [0.717, 1.165) is 25.3 Å². The number of esters is 1. The molecule has 0 aliphatic rings. The standard InChI is InChI=1S/C17H12F3N3O3/c1-26-16(25)10-2-3-13(17(18,19)20)12(7-10)9-4-5-23-11(6-9)8-22-15(23)14(21)24/h2-8H,1H3,(H2,21,24). The average Bonchev–Trinajstić information content (AvgIpc) is 3.03. The maximum absolute atomic E-state index is 13.4. The zero-order chi connectivity index (χ0) is 19.1. The Hall–Kier alpha value is -3.36. The van der Waals surface area contributed by atoms with Gasteiger partial charge in [-0.3, -0.25) is 9.20 Å². The SMILES string of the molecule is COC(=O)c1ccc(C(F)(F)F)c(-c2ccn3c(C(N)=O)ncc3c2)c1. The minimum Gasteiger partial charge on any atom is -0.465 e. The zero-order valence-electron chi connectivity index (χ0n) is 13.4. The fourth-order valence-electron chi connectivity index (χ4n) is 2.62. The summed E-state index contributed by atoms with van der Waals surface area (Å²) < 4.78 is 46.1. The summed E-state index contributed by atoms with van der Waals surface area (Å²) >= 11 is 0. The molecule has 2 heterocycles. The van der Waals surface area contributed by atoms with E-state index in [1.165, 1.54) is 28.9 Å². The van der Waals surface area contributed by atoms with Crippen LogP contribution in [0.2, 0.25) is 0 Å². The molecule has 0 atom stereocenters. The number of imidazole rings is 1. The number of fused-ring (bicyclic) bond motifs is 1. The number of primary amides is 1. The summed E-state index contributed by atoms with van der Waals surface area (Å²) in [6.45, 7) is 0. The van der Waals surface area contributed by atoms with Gasteiger partial charge in [0.2, 0.25) is 5.82 Å². The fraction of sp³-hybridized carbons (Fsp3) is 0.118. The van der Waals surface area contributed by atoms with Crippen LogP contribution in [0.15, 0.2) is 42.7 Å². The molecule has 0 saturated heterocycles. The summed E-state index contributed by atoms with van der Waals surface area (Å²) in [5, 5.41) is 0. The van der Waals surface area contributed by atoms with E-state index in [0.29, 0.717) is 5.52 Å². The Balaban J connectivity index is 2.22. The number of methoxy groups -OCH3 is 1. The van der Waals surface area contributed by atoms with Crippen molar-refractivity contribution in [3.05, 3.63) is 59.7 Å². The van der Waals surface area contributed by atoms with Gasteiger partial charge in [-0.25, -0.2) is 9.78 Å². The molecule has 26 heavy (non-hydrogen) atoms. The van der Waals surface area contributed by atoms with Gasteiger partial charge in [0.05, 0.1) is 30.0 Å². The predicted octanol–water partition coefficient (Wildman–Crippen LogP) is 2.91. The van der Waals surface area contributed by atoms with Crippen molar-refractivity contribution in [2.45, 2.75) is 6.18 Å². The van der Waals surface area contributed by atoms with Crippen LogP contribution in [0.25, 0.3) is 16.6 Å². The molecule has 0 unspecified atom stereocenters. The van der Waals surface area contributed by atoms with Crippen molar-refractivity contribution in [1.82, 2.24) is 9.38 Å².